The Morgan fingerprint density at radius 3 is 2.92 bits per heavy atom. The van der Waals surface area contributed by atoms with Gasteiger partial charge in [0.25, 0.3) is 0 Å². The molecule has 0 bridgehead atoms. The number of carbonyl (C=O) groups is 1. The molecule has 13 heavy (non-hydrogen) atoms. The van der Waals surface area contributed by atoms with Crippen LogP contribution in [-0.2, 0) is 4.79 Å². The molecule has 0 aliphatic carbocycles. The van der Waals surface area contributed by atoms with Gasteiger partial charge in [-0.1, -0.05) is 0 Å². The number of rotatable bonds is 2. The summed E-state index contributed by atoms with van der Waals surface area (Å²) in [5, 5.41) is 2.68. The number of pyridine rings is 1. The minimum atomic E-state index is -0.500. The molecule has 1 heterocycles. The van der Waals surface area contributed by atoms with Gasteiger partial charge in [-0.2, -0.15) is 0 Å². The highest BCUT2D eigenvalue weighted by Crippen LogP contribution is 2.10. The molecule has 1 aromatic heterocycles. The molecule has 3 N–H and O–H groups in total. The first-order valence-electron chi connectivity index (χ1n) is 4.08. The molecule has 4 nitrogen and oxygen atoms in total. The molecule has 1 amide bonds. The van der Waals surface area contributed by atoms with Crippen molar-refractivity contribution in [2.45, 2.75) is 19.9 Å². The standard InChI is InChI=1S/C9H13N3O/c1-6-3-4-11-5-8(6)12-9(13)7(2)10/h3-5,7H,10H2,1-2H3,(H,12,13)/t7-/m0/s1. The van der Waals surface area contributed by atoms with Crippen LogP contribution < -0.4 is 11.1 Å². The summed E-state index contributed by atoms with van der Waals surface area (Å²) < 4.78 is 0. The zero-order valence-electron chi connectivity index (χ0n) is 7.74. The average molecular weight is 179 g/mol. The summed E-state index contributed by atoms with van der Waals surface area (Å²) in [5.74, 6) is -0.198. The molecule has 0 aliphatic heterocycles. The molecule has 0 aromatic carbocycles. The fraction of sp³-hybridized carbons (Fsp3) is 0.333. The first kappa shape index (κ1) is 9.67. The maximum Gasteiger partial charge on any atom is 0.241 e. The van der Waals surface area contributed by atoms with E-state index in [0.29, 0.717) is 5.69 Å². The summed E-state index contributed by atoms with van der Waals surface area (Å²) in [7, 11) is 0. The Labute approximate surface area is 77.2 Å². The highest BCUT2D eigenvalue weighted by atomic mass is 16.2. The summed E-state index contributed by atoms with van der Waals surface area (Å²) in [5.41, 5.74) is 7.09. The second kappa shape index (κ2) is 4.00. The predicted molar refractivity (Wildman–Crippen MR) is 51.3 cm³/mol. The molecule has 70 valence electrons. The molecule has 1 atom stereocenters. The Hall–Kier alpha value is -1.42. The smallest absolute Gasteiger partial charge is 0.241 e. The lowest BCUT2D eigenvalue weighted by molar-refractivity contribution is -0.117. The predicted octanol–water partition coefficient (Wildman–Crippen LogP) is 0.676. The van der Waals surface area contributed by atoms with E-state index >= 15 is 0 Å². The number of amides is 1. The lowest BCUT2D eigenvalue weighted by Crippen LogP contribution is -2.32. The molecule has 0 unspecified atom stereocenters. The number of hydrogen-bond donors (Lipinski definition) is 2. The monoisotopic (exact) mass is 179 g/mol. The Morgan fingerprint density at radius 2 is 2.38 bits per heavy atom. The summed E-state index contributed by atoms with van der Waals surface area (Å²) in [4.78, 5) is 15.1. The van der Waals surface area contributed by atoms with Crippen molar-refractivity contribution in [3.05, 3.63) is 24.0 Å². The number of anilines is 1. The molecule has 4 heteroatoms. The van der Waals surface area contributed by atoms with Gasteiger partial charge in [0.1, 0.15) is 0 Å². The van der Waals surface area contributed by atoms with E-state index in [4.69, 9.17) is 5.73 Å². The first-order valence-corrected chi connectivity index (χ1v) is 4.08. The van der Waals surface area contributed by atoms with Crippen molar-refractivity contribution in [1.82, 2.24) is 4.98 Å². The Bertz CT molecular complexity index is 309. The molecule has 1 aromatic rings. The van der Waals surface area contributed by atoms with E-state index in [-0.39, 0.29) is 5.91 Å². The van der Waals surface area contributed by atoms with Crippen LogP contribution >= 0.6 is 0 Å². The van der Waals surface area contributed by atoms with E-state index in [1.165, 1.54) is 0 Å². The number of nitrogens with one attached hydrogen (secondary N) is 1. The van der Waals surface area contributed by atoms with Gasteiger partial charge in [-0.15, -0.1) is 0 Å². The van der Waals surface area contributed by atoms with Crippen LogP contribution in [0.1, 0.15) is 12.5 Å². The van der Waals surface area contributed by atoms with Crippen molar-refractivity contribution in [3.8, 4) is 0 Å². The minimum Gasteiger partial charge on any atom is -0.323 e. The summed E-state index contributed by atoms with van der Waals surface area (Å²) in [6.07, 6.45) is 3.28. The molecular weight excluding hydrogens is 166 g/mol. The van der Waals surface area contributed by atoms with E-state index in [1.807, 2.05) is 13.0 Å². The maximum absolute atomic E-state index is 11.2. The molecular formula is C9H13N3O. The van der Waals surface area contributed by atoms with Gasteiger partial charge in [0.05, 0.1) is 17.9 Å². The fourth-order valence-corrected chi connectivity index (χ4v) is 0.841. The van der Waals surface area contributed by atoms with E-state index < -0.39 is 6.04 Å². The largest absolute Gasteiger partial charge is 0.323 e. The van der Waals surface area contributed by atoms with Crippen LogP contribution in [0.3, 0.4) is 0 Å². The molecule has 1 rings (SSSR count). The number of nitrogens with two attached hydrogens (primary N) is 1. The van der Waals surface area contributed by atoms with Crippen LogP contribution in [0.2, 0.25) is 0 Å². The average Bonchev–Trinajstić information content (AvgIpc) is 2.08. The number of nitrogens with zero attached hydrogens (tertiary/aromatic N) is 1. The van der Waals surface area contributed by atoms with Crippen molar-refractivity contribution < 1.29 is 4.79 Å². The number of aryl methyl sites for hydroxylation is 1. The minimum absolute atomic E-state index is 0.198. The highest BCUT2D eigenvalue weighted by Gasteiger charge is 2.08. The van der Waals surface area contributed by atoms with Gasteiger partial charge in [-0.25, -0.2) is 0 Å². The Balaban J connectivity index is 2.75. The second-order valence-electron chi connectivity index (χ2n) is 2.97. The van der Waals surface area contributed by atoms with Crippen molar-refractivity contribution in [2.75, 3.05) is 5.32 Å². The molecule has 0 spiro atoms. The third kappa shape index (κ3) is 2.52. The van der Waals surface area contributed by atoms with Crippen LogP contribution in [0.25, 0.3) is 0 Å². The van der Waals surface area contributed by atoms with Gasteiger partial charge in [-0.05, 0) is 25.5 Å². The normalized spacial score (nSPS) is 12.2. The van der Waals surface area contributed by atoms with Gasteiger partial charge >= 0.3 is 0 Å². The number of aromatic nitrogens is 1. The Morgan fingerprint density at radius 1 is 1.69 bits per heavy atom. The molecule has 0 fully saturated rings. The van der Waals surface area contributed by atoms with Crippen LogP contribution in [-0.4, -0.2) is 16.9 Å². The molecule has 0 aliphatic rings. The van der Waals surface area contributed by atoms with Crippen molar-refractivity contribution in [2.24, 2.45) is 5.73 Å². The maximum atomic E-state index is 11.2. The topological polar surface area (TPSA) is 68.0 Å². The number of carbonyl (C=O) groups excluding carboxylic acids is 1. The molecule has 0 saturated carbocycles. The highest BCUT2D eigenvalue weighted by molar-refractivity contribution is 5.94. The molecule has 0 radical (unpaired) electrons. The first-order chi connectivity index (χ1) is 6.11. The van der Waals surface area contributed by atoms with Crippen LogP contribution in [0.4, 0.5) is 5.69 Å². The van der Waals surface area contributed by atoms with Crippen LogP contribution in [0.15, 0.2) is 18.5 Å². The second-order valence-corrected chi connectivity index (χ2v) is 2.97. The van der Waals surface area contributed by atoms with E-state index in [1.54, 1.807) is 19.3 Å². The SMILES string of the molecule is Cc1ccncc1NC(=O)[C@H](C)N. The fourth-order valence-electron chi connectivity index (χ4n) is 0.841. The van der Waals surface area contributed by atoms with Crippen molar-refractivity contribution in [1.29, 1.82) is 0 Å². The van der Waals surface area contributed by atoms with Gasteiger partial charge in [0, 0.05) is 6.20 Å². The van der Waals surface area contributed by atoms with Gasteiger partial charge in [0.2, 0.25) is 5.91 Å². The molecule has 0 saturated heterocycles. The Kier molecular flexibility index (Phi) is 2.97. The van der Waals surface area contributed by atoms with Gasteiger partial charge < -0.3 is 11.1 Å². The lowest BCUT2D eigenvalue weighted by Gasteiger charge is -2.08. The van der Waals surface area contributed by atoms with E-state index in [0.717, 1.165) is 5.56 Å². The third-order valence-corrected chi connectivity index (χ3v) is 1.71. The zero-order chi connectivity index (χ0) is 9.84. The van der Waals surface area contributed by atoms with Crippen molar-refractivity contribution >= 4 is 11.6 Å². The van der Waals surface area contributed by atoms with E-state index in [2.05, 4.69) is 10.3 Å². The summed E-state index contributed by atoms with van der Waals surface area (Å²) in [6, 6.07) is 1.33. The third-order valence-electron chi connectivity index (χ3n) is 1.71. The van der Waals surface area contributed by atoms with Crippen LogP contribution in [0.5, 0.6) is 0 Å². The summed E-state index contributed by atoms with van der Waals surface area (Å²) in [6.45, 7) is 3.54. The van der Waals surface area contributed by atoms with Crippen molar-refractivity contribution in [3.63, 3.8) is 0 Å². The van der Waals surface area contributed by atoms with Crippen LogP contribution in [0, 0.1) is 6.92 Å². The van der Waals surface area contributed by atoms with Gasteiger partial charge in [0.15, 0.2) is 0 Å². The summed E-state index contributed by atoms with van der Waals surface area (Å²) >= 11 is 0. The van der Waals surface area contributed by atoms with E-state index in [9.17, 15) is 4.79 Å². The van der Waals surface area contributed by atoms with Gasteiger partial charge in [-0.3, -0.25) is 9.78 Å². The zero-order valence-corrected chi connectivity index (χ0v) is 7.74. The lowest BCUT2D eigenvalue weighted by atomic mass is 10.2. The quantitative estimate of drug-likeness (QED) is 0.701. The number of hydrogen-bond acceptors (Lipinski definition) is 3.